The number of fused-ring (bicyclic) bond motifs is 1. The second-order valence-electron chi connectivity index (χ2n) is 9.62. The molecule has 1 atom stereocenters. The predicted molar refractivity (Wildman–Crippen MR) is 122 cm³/mol. The van der Waals surface area contributed by atoms with Crippen LogP contribution in [0.5, 0.6) is 0 Å². The van der Waals surface area contributed by atoms with Crippen LogP contribution >= 0.6 is 0 Å². The third-order valence-electron chi connectivity index (χ3n) is 7.39. The van der Waals surface area contributed by atoms with Gasteiger partial charge in [0.25, 0.3) is 11.8 Å². The van der Waals surface area contributed by atoms with Crippen molar-refractivity contribution < 1.29 is 9.59 Å². The maximum atomic E-state index is 13.4. The second-order valence-corrected chi connectivity index (χ2v) is 9.62. The first-order valence-electron chi connectivity index (χ1n) is 12.2. The first kappa shape index (κ1) is 21.2. The van der Waals surface area contributed by atoms with Gasteiger partial charge in [-0.15, -0.1) is 0 Å². The van der Waals surface area contributed by atoms with E-state index in [2.05, 4.69) is 15.4 Å². The van der Waals surface area contributed by atoms with Crippen molar-refractivity contribution in [2.75, 3.05) is 13.1 Å². The van der Waals surface area contributed by atoms with E-state index in [4.69, 9.17) is 0 Å². The molecule has 3 aliphatic rings. The molecular weight excluding hydrogens is 402 g/mol. The average Bonchev–Trinajstić information content (AvgIpc) is 3.45. The van der Waals surface area contributed by atoms with Gasteiger partial charge in [0.05, 0.1) is 11.3 Å². The van der Waals surface area contributed by atoms with E-state index < -0.39 is 0 Å². The van der Waals surface area contributed by atoms with Crippen molar-refractivity contribution in [3.8, 4) is 0 Å². The highest BCUT2D eigenvalue weighted by molar-refractivity contribution is 5.95. The Labute approximate surface area is 189 Å². The summed E-state index contributed by atoms with van der Waals surface area (Å²) in [5.41, 5.74) is 4.61. The molecule has 0 unspecified atom stereocenters. The number of nitrogens with one attached hydrogen (secondary N) is 1. The zero-order valence-corrected chi connectivity index (χ0v) is 19.0. The van der Waals surface area contributed by atoms with Crippen molar-refractivity contribution >= 4 is 11.8 Å². The smallest absolute Gasteiger partial charge is 0.272 e. The van der Waals surface area contributed by atoms with Crippen LogP contribution in [-0.2, 0) is 19.9 Å². The fraction of sp³-hybridized carbons (Fsp3) is 0.600. The molecule has 2 aromatic rings. The molecule has 2 amide bonds. The van der Waals surface area contributed by atoms with Gasteiger partial charge in [0.1, 0.15) is 5.69 Å². The minimum Gasteiger partial charge on any atom is -0.349 e. The summed E-state index contributed by atoms with van der Waals surface area (Å²) >= 11 is 0. The molecule has 1 saturated heterocycles. The highest BCUT2D eigenvalue weighted by atomic mass is 16.2. The maximum Gasteiger partial charge on any atom is 0.272 e. The zero-order valence-electron chi connectivity index (χ0n) is 19.0. The first-order chi connectivity index (χ1) is 15.6. The number of piperidine rings is 1. The van der Waals surface area contributed by atoms with Crippen LogP contribution in [0.15, 0.2) is 18.3 Å². The molecule has 2 aromatic heterocycles. The monoisotopic (exact) mass is 435 g/mol. The van der Waals surface area contributed by atoms with Gasteiger partial charge in [-0.2, -0.15) is 5.10 Å². The van der Waals surface area contributed by atoms with Gasteiger partial charge in [-0.1, -0.05) is 12.8 Å². The minimum atomic E-state index is -0.0302. The fourth-order valence-corrected chi connectivity index (χ4v) is 5.62. The number of likely N-dealkylation sites (tertiary alicyclic amines) is 1. The molecule has 2 fully saturated rings. The standard InChI is InChI=1S/C25H33N5O2/c1-29-23(20-10-4-5-11-22(20)28-29)25(32)30-14-6-7-18(16-30)21-13-12-17(15-26-21)24(31)27-19-8-2-3-9-19/h12-13,15,18-19H,2-11,14,16H2,1H3,(H,27,31)/t18-/m1/s1. The number of carbonyl (C=O) groups excluding carboxylic acids is 2. The molecule has 2 aliphatic carbocycles. The summed E-state index contributed by atoms with van der Waals surface area (Å²) in [7, 11) is 1.89. The molecule has 32 heavy (non-hydrogen) atoms. The SMILES string of the molecule is Cn1nc2c(c1C(=O)N1CCC[C@@H](c3ccc(C(=O)NC4CCCC4)cn3)C1)CCCC2. The summed E-state index contributed by atoms with van der Waals surface area (Å²) in [6.45, 7) is 1.44. The number of hydrogen-bond donors (Lipinski definition) is 1. The molecule has 1 aliphatic heterocycles. The van der Waals surface area contributed by atoms with Gasteiger partial charge in [0.2, 0.25) is 0 Å². The van der Waals surface area contributed by atoms with E-state index in [9.17, 15) is 9.59 Å². The largest absolute Gasteiger partial charge is 0.349 e. The lowest BCUT2D eigenvalue weighted by atomic mass is 9.92. The summed E-state index contributed by atoms with van der Waals surface area (Å²) in [6, 6.07) is 4.15. The minimum absolute atomic E-state index is 0.0302. The molecule has 3 heterocycles. The average molecular weight is 436 g/mol. The van der Waals surface area contributed by atoms with Gasteiger partial charge in [0.15, 0.2) is 0 Å². The normalized spacial score (nSPS) is 21.4. The number of amides is 2. The Balaban J connectivity index is 1.26. The van der Waals surface area contributed by atoms with Crippen LogP contribution in [0.1, 0.15) is 95.1 Å². The van der Waals surface area contributed by atoms with E-state index in [0.29, 0.717) is 18.2 Å². The zero-order chi connectivity index (χ0) is 22.1. The van der Waals surface area contributed by atoms with Crippen molar-refractivity contribution in [1.29, 1.82) is 0 Å². The Morgan fingerprint density at radius 3 is 2.62 bits per heavy atom. The van der Waals surface area contributed by atoms with Crippen molar-refractivity contribution in [1.82, 2.24) is 25.0 Å². The molecule has 0 bridgehead atoms. The van der Waals surface area contributed by atoms with E-state index in [1.165, 1.54) is 12.8 Å². The highest BCUT2D eigenvalue weighted by Crippen LogP contribution is 2.29. The van der Waals surface area contributed by atoms with Crippen LogP contribution < -0.4 is 5.32 Å². The topological polar surface area (TPSA) is 80.1 Å². The lowest BCUT2D eigenvalue weighted by molar-refractivity contribution is 0.0693. The Kier molecular flexibility index (Phi) is 5.98. The summed E-state index contributed by atoms with van der Waals surface area (Å²) < 4.78 is 1.79. The Morgan fingerprint density at radius 1 is 1.03 bits per heavy atom. The molecule has 170 valence electrons. The number of carbonyl (C=O) groups is 2. The first-order valence-corrected chi connectivity index (χ1v) is 12.2. The summed E-state index contributed by atoms with van der Waals surface area (Å²) in [5.74, 6) is 0.265. The number of nitrogens with zero attached hydrogens (tertiary/aromatic N) is 4. The molecule has 5 rings (SSSR count). The van der Waals surface area contributed by atoms with E-state index >= 15 is 0 Å². The third-order valence-corrected chi connectivity index (χ3v) is 7.39. The summed E-state index contributed by atoms with van der Waals surface area (Å²) in [5, 5.41) is 7.75. The van der Waals surface area contributed by atoms with Gasteiger partial charge < -0.3 is 10.2 Å². The van der Waals surface area contributed by atoms with Gasteiger partial charge in [0, 0.05) is 49.6 Å². The van der Waals surface area contributed by atoms with Crippen LogP contribution in [0.4, 0.5) is 0 Å². The second kappa shape index (κ2) is 9.04. The molecule has 0 radical (unpaired) electrons. The van der Waals surface area contributed by atoms with Gasteiger partial charge >= 0.3 is 0 Å². The molecule has 1 saturated carbocycles. The van der Waals surface area contributed by atoms with Gasteiger partial charge in [-0.25, -0.2) is 0 Å². The van der Waals surface area contributed by atoms with E-state index in [0.717, 1.165) is 80.6 Å². The van der Waals surface area contributed by atoms with Crippen molar-refractivity contribution in [3.63, 3.8) is 0 Å². The number of aryl methyl sites for hydroxylation is 2. The molecular formula is C25H33N5O2. The van der Waals surface area contributed by atoms with E-state index in [1.54, 1.807) is 10.9 Å². The Morgan fingerprint density at radius 2 is 1.84 bits per heavy atom. The number of pyridine rings is 1. The van der Waals surface area contributed by atoms with Gasteiger partial charge in [-0.3, -0.25) is 19.3 Å². The number of aromatic nitrogens is 3. The van der Waals surface area contributed by atoms with Crippen LogP contribution in [0.3, 0.4) is 0 Å². The molecule has 7 nitrogen and oxygen atoms in total. The third kappa shape index (κ3) is 4.17. The molecule has 7 heteroatoms. The summed E-state index contributed by atoms with van der Waals surface area (Å²) in [4.78, 5) is 32.5. The lowest BCUT2D eigenvalue weighted by Crippen LogP contribution is -2.40. The van der Waals surface area contributed by atoms with E-state index in [1.807, 2.05) is 24.1 Å². The van der Waals surface area contributed by atoms with Crippen LogP contribution in [-0.4, -0.2) is 50.6 Å². The van der Waals surface area contributed by atoms with Crippen molar-refractivity contribution in [2.24, 2.45) is 7.05 Å². The maximum absolute atomic E-state index is 13.4. The highest BCUT2D eigenvalue weighted by Gasteiger charge is 2.31. The van der Waals surface area contributed by atoms with Crippen LogP contribution in [0.2, 0.25) is 0 Å². The lowest BCUT2D eigenvalue weighted by Gasteiger charge is -2.33. The quantitative estimate of drug-likeness (QED) is 0.798. The Bertz CT molecular complexity index is 991. The number of hydrogen-bond acceptors (Lipinski definition) is 4. The summed E-state index contributed by atoms with van der Waals surface area (Å²) in [6.07, 6.45) is 12.4. The van der Waals surface area contributed by atoms with E-state index in [-0.39, 0.29) is 17.7 Å². The van der Waals surface area contributed by atoms with Crippen molar-refractivity contribution in [3.05, 3.63) is 46.5 Å². The molecule has 0 spiro atoms. The fourth-order valence-electron chi connectivity index (χ4n) is 5.62. The molecule has 0 aromatic carbocycles. The van der Waals surface area contributed by atoms with Crippen molar-refractivity contribution in [2.45, 2.75) is 76.2 Å². The van der Waals surface area contributed by atoms with Gasteiger partial charge in [-0.05, 0) is 63.5 Å². The van der Waals surface area contributed by atoms with Crippen LogP contribution in [0, 0.1) is 0 Å². The van der Waals surface area contributed by atoms with Crippen LogP contribution in [0.25, 0.3) is 0 Å². The Hall–Kier alpha value is -2.70. The number of rotatable bonds is 4. The predicted octanol–water partition coefficient (Wildman–Crippen LogP) is 3.39. The molecule has 1 N–H and O–H groups in total.